The molecular weight excluding hydrogens is 194 g/mol. The first kappa shape index (κ1) is 12.1. The van der Waals surface area contributed by atoms with Gasteiger partial charge in [-0.25, -0.2) is 0 Å². The van der Waals surface area contributed by atoms with Gasteiger partial charge in [0.2, 0.25) is 0 Å². The maximum atomic E-state index is 11.1. The van der Waals surface area contributed by atoms with Gasteiger partial charge in [-0.2, -0.15) is 11.8 Å². The molecule has 0 saturated heterocycles. The van der Waals surface area contributed by atoms with Crippen LogP contribution in [0.15, 0.2) is 0 Å². The zero-order valence-electron chi connectivity index (χ0n) is 9.29. The minimum atomic E-state index is -0.00679. The van der Waals surface area contributed by atoms with Crippen molar-refractivity contribution in [1.82, 2.24) is 4.90 Å². The van der Waals surface area contributed by atoms with Gasteiger partial charge >= 0.3 is 0 Å². The molecule has 1 rings (SSSR count). The Balaban J connectivity index is 2.35. The predicted molar refractivity (Wildman–Crippen MR) is 62.8 cm³/mol. The smallest absolute Gasteiger partial charge is 0.127 e. The molecule has 0 atom stereocenters. The molecule has 1 aliphatic carbocycles. The highest BCUT2D eigenvalue weighted by Crippen LogP contribution is 2.36. The Hall–Kier alpha value is -0.0200. The summed E-state index contributed by atoms with van der Waals surface area (Å²) in [6.07, 6.45) is 7.99. The van der Waals surface area contributed by atoms with E-state index in [1.165, 1.54) is 19.1 Å². The average Bonchev–Trinajstić information content (AvgIpc) is 2.64. The summed E-state index contributed by atoms with van der Waals surface area (Å²) in [5.41, 5.74) is -0.00679. The molecule has 14 heavy (non-hydrogen) atoms. The van der Waals surface area contributed by atoms with Crippen molar-refractivity contribution in [3.05, 3.63) is 0 Å². The van der Waals surface area contributed by atoms with Crippen LogP contribution in [0.3, 0.4) is 0 Å². The third-order valence-corrected chi connectivity index (χ3v) is 3.70. The largest absolute Gasteiger partial charge is 0.305 e. The molecule has 0 aliphatic heterocycles. The van der Waals surface area contributed by atoms with Gasteiger partial charge < -0.3 is 9.69 Å². The average molecular weight is 215 g/mol. The molecule has 1 fully saturated rings. The predicted octanol–water partition coefficient (Wildman–Crippen LogP) is 2.04. The number of carbonyl (C=O) groups is 1. The second-order valence-electron chi connectivity index (χ2n) is 4.42. The van der Waals surface area contributed by atoms with Crippen molar-refractivity contribution in [1.29, 1.82) is 0 Å². The SMILES string of the molecule is CSCCN(C)CC1(C=O)CCCC1. The lowest BCUT2D eigenvalue weighted by Crippen LogP contribution is -2.36. The number of hydrogen-bond donors (Lipinski definition) is 0. The van der Waals surface area contributed by atoms with E-state index in [2.05, 4.69) is 18.2 Å². The molecule has 0 amide bonds. The molecule has 0 aromatic heterocycles. The summed E-state index contributed by atoms with van der Waals surface area (Å²) in [6.45, 7) is 2.05. The van der Waals surface area contributed by atoms with E-state index < -0.39 is 0 Å². The number of aldehydes is 1. The lowest BCUT2D eigenvalue weighted by atomic mass is 9.87. The van der Waals surface area contributed by atoms with Crippen LogP contribution in [0.4, 0.5) is 0 Å². The van der Waals surface area contributed by atoms with Crippen LogP contribution in [0.25, 0.3) is 0 Å². The zero-order chi connectivity index (χ0) is 10.4. The molecule has 0 aromatic rings. The van der Waals surface area contributed by atoms with Gasteiger partial charge in [0.1, 0.15) is 6.29 Å². The highest BCUT2D eigenvalue weighted by atomic mass is 32.2. The molecule has 0 spiro atoms. The van der Waals surface area contributed by atoms with Crippen molar-refractivity contribution >= 4 is 18.0 Å². The van der Waals surface area contributed by atoms with Crippen LogP contribution < -0.4 is 0 Å². The van der Waals surface area contributed by atoms with Crippen LogP contribution in [-0.2, 0) is 4.79 Å². The third kappa shape index (κ3) is 3.28. The molecule has 0 unspecified atom stereocenters. The van der Waals surface area contributed by atoms with E-state index in [1.54, 1.807) is 0 Å². The van der Waals surface area contributed by atoms with Crippen molar-refractivity contribution < 1.29 is 4.79 Å². The maximum absolute atomic E-state index is 11.1. The maximum Gasteiger partial charge on any atom is 0.127 e. The lowest BCUT2D eigenvalue weighted by Gasteiger charge is -2.28. The zero-order valence-corrected chi connectivity index (χ0v) is 10.1. The molecule has 0 heterocycles. The van der Waals surface area contributed by atoms with E-state index in [4.69, 9.17) is 0 Å². The molecule has 1 aliphatic rings. The number of rotatable bonds is 6. The Kier molecular flexibility index (Phi) is 4.96. The molecule has 2 nitrogen and oxygen atoms in total. The Morgan fingerprint density at radius 1 is 1.43 bits per heavy atom. The fourth-order valence-electron chi connectivity index (χ4n) is 2.26. The first-order valence-electron chi connectivity index (χ1n) is 5.36. The number of carbonyl (C=O) groups excluding carboxylic acids is 1. The third-order valence-electron chi connectivity index (χ3n) is 3.11. The molecule has 0 aromatic carbocycles. The van der Waals surface area contributed by atoms with Gasteiger partial charge in [-0.15, -0.1) is 0 Å². The fourth-order valence-corrected chi connectivity index (χ4v) is 2.75. The summed E-state index contributed by atoms with van der Waals surface area (Å²) >= 11 is 1.86. The summed E-state index contributed by atoms with van der Waals surface area (Å²) < 4.78 is 0. The van der Waals surface area contributed by atoms with Crippen LogP contribution in [0.5, 0.6) is 0 Å². The van der Waals surface area contributed by atoms with Gasteiger partial charge in [0.15, 0.2) is 0 Å². The van der Waals surface area contributed by atoms with Crippen LogP contribution in [0, 0.1) is 5.41 Å². The van der Waals surface area contributed by atoms with E-state index >= 15 is 0 Å². The highest BCUT2D eigenvalue weighted by Gasteiger charge is 2.34. The number of hydrogen-bond acceptors (Lipinski definition) is 3. The van der Waals surface area contributed by atoms with Gasteiger partial charge in [-0.3, -0.25) is 0 Å². The first-order chi connectivity index (χ1) is 6.72. The second kappa shape index (κ2) is 5.76. The van der Waals surface area contributed by atoms with E-state index in [-0.39, 0.29) is 5.41 Å². The van der Waals surface area contributed by atoms with Crippen molar-refractivity contribution in [2.45, 2.75) is 25.7 Å². The van der Waals surface area contributed by atoms with Crippen LogP contribution in [0.1, 0.15) is 25.7 Å². The van der Waals surface area contributed by atoms with E-state index in [0.29, 0.717) is 0 Å². The Morgan fingerprint density at radius 3 is 2.57 bits per heavy atom. The minimum absolute atomic E-state index is 0.00679. The van der Waals surface area contributed by atoms with Gasteiger partial charge in [-0.05, 0) is 26.1 Å². The molecule has 3 heteroatoms. The fraction of sp³-hybridized carbons (Fsp3) is 0.909. The van der Waals surface area contributed by atoms with Crippen molar-refractivity contribution in [3.8, 4) is 0 Å². The van der Waals surface area contributed by atoms with Crippen molar-refractivity contribution in [3.63, 3.8) is 0 Å². The van der Waals surface area contributed by atoms with Gasteiger partial charge in [-0.1, -0.05) is 12.8 Å². The lowest BCUT2D eigenvalue weighted by molar-refractivity contribution is -0.116. The van der Waals surface area contributed by atoms with Crippen molar-refractivity contribution in [2.24, 2.45) is 5.41 Å². The number of thioether (sulfide) groups is 1. The first-order valence-corrected chi connectivity index (χ1v) is 6.76. The van der Waals surface area contributed by atoms with E-state index in [1.807, 2.05) is 11.8 Å². The molecule has 0 N–H and O–H groups in total. The summed E-state index contributed by atoms with van der Waals surface area (Å²) in [5, 5.41) is 0. The van der Waals surface area contributed by atoms with Gasteiger partial charge in [0.25, 0.3) is 0 Å². The Labute approximate surface area is 91.4 Å². The molecular formula is C11H21NOS. The summed E-state index contributed by atoms with van der Waals surface area (Å²) in [6, 6.07) is 0. The second-order valence-corrected chi connectivity index (χ2v) is 5.40. The Bertz CT molecular complexity index is 178. The van der Waals surface area contributed by atoms with Gasteiger partial charge in [0.05, 0.1) is 0 Å². The Morgan fingerprint density at radius 2 is 2.07 bits per heavy atom. The summed E-state index contributed by atoms with van der Waals surface area (Å²) in [5.74, 6) is 1.16. The van der Waals surface area contributed by atoms with Crippen LogP contribution >= 0.6 is 11.8 Å². The summed E-state index contributed by atoms with van der Waals surface area (Å²) in [4.78, 5) is 13.4. The van der Waals surface area contributed by atoms with E-state index in [0.717, 1.165) is 31.7 Å². The quantitative estimate of drug-likeness (QED) is 0.632. The normalized spacial score (nSPS) is 20.2. The van der Waals surface area contributed by atoms with E-state index in [9.17, 15) is 4.79 Å². The standard InChI is InChI=1S/C11H21NOS/c1-12(7-8-14-2)9-11(10-13)5-3-4-6-11/h10H,3-9H2,1-2H3. The van der Waals surface area contributed by atoms with Crippen LogP contribution in [0.2, 0.25) is 0 Å². The van der Waals surface area contributed by atoms with Gasteiger partial charge in [0, 0.05) is 24.3 Å². The number of nitrogens with zero attached hydrogens (tertiary/aromatic N) is 1. The minimum Gasteiger partial charge on any atom is -0.305 e. The molecule has 0 radical (unpaired) electrons. The monoisotopic (exact) mass is 215 g/mol. The van der Waals surface area contributed by atoms with Crippen LogP contribution in [-0.4, -0.2) is 43.3 Å². The summed E-state index contributed by atoms with van der Waals surface area (Å²) in [7, 11) is 2.12. The highest BCUT2D eigenvalue weighted by molar-refractivity contribution is 7.98. The topological polar surface area (TPSA) is 20.3 Å². The molecule has 82 valence electrons. The van der Waals surface area contributed by atoms with Crippen molar-refractivity contribution in [2.75, 3.05) is 32.1 Å². The molecule has 1 saturated carbocycles. The molecule has 0 bridgehead atoms.